The lowest BCUT2D eigenvalue weighted by molar-refractivity contribution is 0.660. The average Bonchev–Trinajstić information content (AvgIpc) is 3.81. The molecule has 10 aromatic rings. The van der Waals surface area contributed by atoms with Crippen molar-refractivity contribution in [2.45, 2.75) is 19.3 Å². The second-order valence-electron chi connectivity index (χ2n) is 14.8. The lowest BCUT2D eigenvalue weighted by Crippen LogP contribution is -2.15. The number of aromatic nitrogens is 3. The van der Waals surface area contributed by atoms with E-state index in [0.29, 0.717) is 0 Å². The molecule has 1 aliphatic carbocycles. The molecule has 0 aliphatic heterocycles. The quantitative estimate of drug-likeness (QED) is 0.182. The zero-order chi connectivity index (χ0) is 35.3. The van der Waals surface area contributed by atoms with Gasteiger partial charge in [-0.3, -0.25) is 4.57 Å². The van der Waals surface area contributed by atoms with Crippen LogP contribution in [0.2, 0.25) is 0 Å². The SMILES string of the molecule is CC1(C)c2ccccc2-c2ccc(-n3c4ccccc4c4cc(-c5ccc6c(c5)c5ccccc5n6-c5ccc(-c6ccccc6)cn5)ccc43)cc21. The molecule has 0 saturated heterocycles. The van der Waals surface area contributed by atoms with Crippen molar-refractivity contribution in [2.75, 3.05) is 0 Å². The van der Waals surface area contributed by atoms with Crippen molar-refractivity contribution in [1.82, 2.24) is 14.1 Å². The minimum absolute atomic E-state index is 0.0582. The Labute approximate surface area is 308 Å². The van der Waals surface area contributed by atoms with Crippen molar-refractivity contribution in [3.8, 4) is 44.9 Å². The van der Waals surface area contributed by atoms with Crippen LogP contribution in [0.15, 0.2) is 176 Å². The zero-order valence-electron chi connectivity index (χ0n) is 29.6. The normalized spacial score (nSPS) is 13.2. The molecule has 3 heterocycles. The molecule has 0 spiro atoms. The Morgan fingerprint density at radius 2 is 0.962 bits per heavy atom. The Bertz CT molecular complexity index is 3070. The van der Waals surface area contributed by atoms with Crippen LogP contribution in [0.1, 0.15) is 25.0 Å². The van der Waals surface area contributed by atoms with E-state index < -0.39 is 0 Å². The van der Waals surface area contributed by atoms with Crippen LogP contribution in [0.25, 0.3) is 88.5 Å². The molecule has 0 atom stereocenters. The van der Waals surface area contributed by atoms with Crippen molar-refractivity contribution < 1.29 is 0 Å². The summed E-state index contributed by atoms with van der Waals surface area (Å²) in [6, 6.07) is 62.0. The molecule has 53 heavy (non-hydrogen) atoms. The first kappa shape index (κ1) is 30.0. The largest absolute Gasteiger partial charge is 0.309 e. The van der Waals surface area contributed by atoms with E-state index in [9.17, 15) is 0 Å². The highest BCUT2D eigenvalue weighted by Crippen LogP contribution is 2.49. The Hall–Kier alpha value is -6.71. The minimum Gasteiger partial charge on any atom is -0.309 e. The molecule has 3 aromatic heterocycles. The van der Waals surface area contributed by atoms with E-state index in [2.05, 4.69) is 187 Å². The number of benzene rings is 7. The molecule has 3 nitrogen and oxygen atoms in total. The van der Waals surface area contributed by atoms with E-state index in [-0.39, 0.29) is 5.41 Å². The molecule has 7 aromatic carbocycles. The monoisotopic (exact) mass is 677 g/mol. The second kappa shape index (κ2) is 11.1. The van der Waals surface area contributed by atoms with Crippen molar-refractivity contribution >= 4 is 43.6 Å². The van der Waals surface area contributed by atoms with Gasteiger partial charge in [-0.25, -0.2) is 4.98 Å². The van der Waals surface area contributed by atoms with Crippen LogP contribution in [-0.2, 0) is 5.41 Å². The van der Waals surface area contributed by atoms with Crippen LogP contribution >= 0.6 is 0 Å². The number of nitrogens with zero attached hydrogens (tertiary/aromatic N) is 3. The molecule has 0 saturated carbocycles. The first-order chi connectivity index (χ1) is 26.0. The standard InChI is InChI=1S/C50H35N3/c1-50(2)43-17-9-6-14-37(43)38-24-23-36(30-44(38)50)52-45-18-10-7-15-39(45)41-28-33(20-25-47(41)52)34-21-26-48-42(29-34)40-16-8-11-19-46(40)53(48)49-27-22-35(31-51-49)32-12-4-3-5-13-32/h3-31H,1-2H3. The molecule has 0 fully saturated rings. The molecule has 0 unspecified atom stereocenters. The molecule has 1 aliphatic rings. The smallest absolute Gasteiger partial charge is 0.137 e. The van der Waals surface area contributed by atoms with E-state index in [1.54, 1.807) is 0 Å². The Morgan fingerprint density at radius 3 is 1.66 bits per heavy atom. The van der Waals surface area contributed by atoms with Gasteiger partial charge in [0.2, 0.25) is 0 Å². The van der Waals surface area contributed by atoms with Gasteiger partial charge in [-0.15, -0.1) is 0 Å². The van der Waals surface area contributed by atoms with Gasteiger partial charge in [-0.1, -0.05) is 123 Å². The summed E-state index contributed by atoms with van der Waals surface area (Å²) in [5, 5.41) is 4.95. The highest BCUT2D eigenvalue weighted by atomic mass is 15.1. The van der Waals surface area contributed by atoms with E-state index >= 15 is 0 Å². The van der Waals surface area contributed by atoms with Crippen molar-refractivity contribution in [2.24, 2.45) is 0 Å². The number of rotatable bonds is 4. The van der Waals surface area contributed by atoms with Crippen molar-refractivity contribution in [1.29, 1.82) is 0 Å². The Morgan fingerprint density at radius 1 is 0.396 bits per heavy atom. The maximum Gasteiger partial charge on any atom is 0.137 e. The second-order valence-corrected chi connectivity index (χ2v) is 14.8. The molecule has 0 radical (unpaired) electrons. The van der Waals surface area contributed by atoms with Crippen LogP contribution in [0.5, 0.6) is 0 Å². The van der Waals surface area contributed by atoms with Crippen LogP contribution in [0.3, 0.4) is 0 Å². The zero-order valence-corrected chi connectivity index (χ0v) is 29.6. The van der Waals surface area contributed by atoms with Gasteiger partial charge in [-0.05, 0) is 99.6 Å². The first-order valence-corrected chi connectivity index (χ1v) is 18.4. The van der Waals surface area contributed by atoms with Gasteiger partial charge in [0.15, 0.2) is 0 Å². The maximum atomic E-state index is 4.97. The number of hydrogen-bond donors (Lipinski definition) is 0. The van der Waals surface area contributed by atoms with Crippen LogP contribution in [0, 0.1) is 0 Å². The van der Waals surface area contributed by atoms with Crippen molar-refractivity contribution in [3.63, 3.8) is 0 Å². The van der Waals surface area contributed by atoms with Crippen LogP contribution in [0.4, 0.5) is 0 Å². The lowest BCUT2D eigenvalue weighted by atomic mass is 9.82. The fourth-order valence-corrected chi connectivity index (χ4v) is 8.98. The predicted molar refractivity (Wildman–Crippen MR) is 221 cm³/mol. The fourth-order valence-electron chi connectivity index (χ4n) is 8.98. The molecular formula is C50H35N3. The summed E-state index contributed by atoms with van der Waals surface area (Å²) >= 11 is 0. The van der Waals surface area contributed by atoms with Gasteiger partial charge >= 0.3 is 0 Å². The Balaban J connectivity index is 1.04. The van der Waals surface area contributed by atoms with Gasteiger partial charge < -0.3 is 4.57 Å². The summed E-state index contributed by atoms with van der Waals surface area (Å²) in [5.41, 5.74) is 16.0. The van der Waals surface area contributed by atoms with E-state index in [1.807, 2.05) is 12.3 Å². The molecule has 11 rings (SSSR count). The number of hydrogen-bond acceptors (Lipinski definition) is 1. The van der Waals surface area contributed by atoms with E-state index in [0.717, 1.165) is 22.4 Å². The number of para-hydroxylation sites is 2. The molecule has 250 valence electrons. The summed E-state index contributed by atoms with van der Waals surface area (Å²) < 4.78 is 4.73. The van der Waals surface area contributed by atoms with Gasteiger partial charge in [0.25, 0.3) is 0 Å². The maximum absolute atomic E-state index is 4.97. The predicted octanol–water partition coefficient (Wildman–Crippen LogP) is 12.9. The fraction of sp³-hybridized carbons (Fsp3) is 0.0600. The highest BCUT2D eigenvalue weighted by Gasteiger charge is 2.35. The number of pyridine rings is 1. The summed E-state index contributed by atoms with van der Waals surface area (Å²) in [6.45, 7) is 4.71. The first-order valence-electron chi connectivity index (χ1n) is 18.4. The summed E-state index contributed by atoms with van der Waals surface area (Å²) in [5.74, 6) is 0.914. The van der Waals surface area contributed by atoms with E-state index in [1.165, 1.54) is 77.2 Å². The summed E-state index contributed by atoms with van der Waals surface area (Å²) in [6.07, 6.45) is 1.98. The number of fused-ring (bicyclic) bond motifs is 9. The molecule has 0 N–H and O–H groups in total. The molecule has 0 bridgehead atoms. The molecular weight excluding hydrogens is 643 g/mol. The van der Waals surface area contributed by atoms with E-state index in [4.69, 9.17) is 4.98 Å². The van der Waals surface area contributed by atoms with Crippen molar-refractivity contribution in [3.05, 3.63) is 187 Å². The van der Waals surface area contributed by atoms with Gasteiger partial charge in [0, 0.05) is 44.4 Å². The van der Waals surface area contributed by atoms with Crippen LogP contribution in [-0.4, -0.2) is 14.1 Å². The molecule has 0 amide bonds. The van der Waals surface area contributed by atoms with Crippen LogP contribution < -0.4 is 0 Å². The third-order valence-electron chi connectivity index (χ3n) is 11.6. The minimum atomic E-state index is -0.0582. The van der Waals surface area contributed by atoms with Gasteiger partial charge in [0.1, 0.15) is 5.82 Å². The topological polar surface area (TPSA) is 22.8 Å². The average molecular weight is 678 g/mol. The lowest BCUT2D eigenvalue weighted by Gasteiger charge is -2.22. The van der Waals surface area contributed by atoms with Gasteiger partial charge in [-0.2, -0.15) is 0 Å². The summed E-state index contributed by atoms with van der Waals surface area (Å²) in [7, 11) is 0. The third-order valence-corrected chi connectivity index (χ3v) is 11.6. The Kier molecular flexibility index (Phi) is 6.30. The highest BCUT2D eigenvalue weighted by molar-refractivity contribution is 6.12. The van der Waals surface area contributed by atoms with Gasteiger partial charge in [0.05, 0.1) is 22.1 Å². The third kappa shape index (κ3) is 4.37. The molecule has 3 heteroatoms. The summed E-state index contributed by atoms with van der Waals surface area (Å²) in [4.78, 5) is 4.97.